The number of hydrogen-bond donors (Lipinski definition) is 1. The molecule has 1 aliphatic rings. The Morgan fingerprint density at radius 1 is 0.973 bits per heavy atom. The molecule has 0 unspecified atom stereocenters. The standard InChI is InChI=1S/C26H27F2NO7S/c1-29-12-14-9-18(33-2)25(24(28)16(14)13-29)35-7-4-8-36-26-19(34-3)11-20-15(23(26)27)10-21(37-20)17(30)5-6-22(31)32/h9-11H,4-8,12-13H2,1-3H3,(H,31,32). The number of hydrogen-bond acceptors (Lipinski definition) is 8. The van der Waals surface area contributed by atoms with Gasteiger partial charge in [0.05, 0.1) is 38.7 Å². The van der Waals surface area contributed by atoms with Gasteiger partial charge in [-0.3, -0.25) is 14.5 Å². The van der Waals surface area contributed by atoms with Gasteiger partial charge in [-0.15, -0.1) is 11.3 Å². The highest BCUT2D eigenvalue weighted by Gasteiger charge is 2.26. The van der Waals surface area contributed by atoms with Gasteiger partial charge in [0.2, 0.25) is 0 Å². The number of carbonyl (C=O) groups is 2. The zero-order valence-corrected chi connectivity index (χ0v) is 21.5. The van der Waals surface area contributed by atoms with E-state index in [4.69, 9.17) is 24.1 Å². The van der Waals surface area contributed by atoms with E-state index in [0.29, 0.717) is 35.5 Å². The lowest BCUT2D eigenvalue weighted by Gasteiger charge is -2.15. The van der Waals surface area contributed by atoms with Crippen LogP contribution >= 0.6 is 11.3 Å². The lowest BCUT2D eigenvalue weighted by molar-refractivity contribution is -0.136. The number of benzene rings is 2. The first kappa shape index (κ1) is 26.6. The molecular formula is C26H27F2NO7S. The Morgan fingerprint density at radius 2 is 1.62 bits per heavy atom. The lowest BCUT2D eigenvalue weighted by atomic mass is 10.1. The van der Waals surface area contributed by atoms with E-state index in [1.807, 2.05) is 11.9 Å². The number of carbonyl (C=O) groups excluding carboxylic acids is 1. The fourth-order valence-corrected chi connectivity index (χ4v) is 5.24. The zero-order valence-electron chi connectivity index (χ0n) is 20.7. The molecule has 4 rings (SSSR count). The molecule has 0 bridgehead atoms. The smallest absolute Gasteiger partial charge is 0.303 e. The molecule has 1 N–H and O–H groups in total. The van der Waals surface area contributed by atoms with Crippen LogP contribution in [-0.4, -0.2) is 56.2 Å². The van der Waals surface area contributed by atoms with Crippen LogP contribution in [0.5, 0.6) is 23.0 Å². The van der Waals surface area contributed by atoms with E-state index in [0.717, 1.165) is 16.9 Å². The highest BCUT2D eigenvalue weighted by atomic mass is 32.1. The summed E-state index contributed by atoms with van der Waals surface area (Å²) in [6.45, 7) is 1.29. The Morgan fingerprint density at radius 3 is 2.27 bits per heavy atom. The van der Waals surface area contributed by atoms with E-state index < -0.39 is 17.6 Å². The molecule has 1 aromatic heterocycles. The normalized spacial score (nSPS) is 13.0. The number of fused-ring (bicyclic) bond motifs is 2. The summed E-state index contributed by atoms with van der Waals surface area (Å²) < 4.78 is 52.7. The Labute approximate surface area is 216 Å². The third kappa shape index (κ3) is 5.62. The van der Waals surface area contributed by atoms with Crippen molar-refractivity contribution in [1.82, 2.24) is 4.90 Å². The maximum absolute atomic E-state index is 15.3. The van der Waals surface area contributed by atoms with Gasteiger partial charge in [0, 0.05) is 47.6 Å². The van der Waals surface area contributed by atoms with Gasteiger partial charge >= 0.3 is 5.97 Å². The van der Waals surface area contributed by atoms with Crippen LogP contribution in [0.3, 0.4) is 0 Å². The summed E-state index contributed by atoms with van der Waals surface area (Å²) in [7, 11) is 4.74. The Hall–Kier alpha value is -3.44. The fraction of sp³-hybridized carbons (Fsp3) is 0.385. The summed E-state index contributed by atoms with van der Waals surface area (Å²) in [6.07, 6.45) is -0.146. The summed E-state index contributed by atoms with van der Waals surface area (Å²) in [5.74, 6) is -2.16. The molecule has 37 heavy (non-hydrogen) atoms. The van der Waals surface area contributed by atoms with Crippen molar-refractivity contribution in [3.05, 3.63) is 45.8 Å². The molecule has 11 heteroatoms. The van der Waals surface area contributed by atoms with E-state index in [-0.39, 0.29) is 59.4 Å². The topological polar surface area (TPSA) is 94.5 Å². The van der Waals surface area contributed by atoms with Crippen molar-refractivity contribution in [3.63, 3.8) is 0 Å². The quantitative estimate of drug-likeness (QED) is 0.255. The minimum atomic E-state index is -1.08. The van der Waals surface area contributed by atoms with Crippen LogP contribution in [0.4, 0.5) is 8.78 Å². The SMILES string of the molecule is COc1cc2c(c(F)c1OCCCOc1c(OC)cc3sc(C(=O)CCC(=O)O)cc3c1F)CN(C)C2. The largest absolute Gasteiger partial charge is 0.493 e. The van der Waals surface area contributed by atoms with Gasteiger partial charge in [-0.2, -0.15) is 0 Å². The van der Waals surface area contributed by atoms with Crippen molar-refractivity contribution in [2.24, 2.45) is 0 Å². The van der Waals surface area contributed by atoms with Crippen LogP contribution < -0.4 is 18.9 Å². The molecule has 0 aliphatic carbocycles. The second kappa shape index (κ2) is 11.3. The second-order valence-corrected chi connectivity index (χ2v) is 9.73. The molecule has 0 radical (unpaired) electrons. The summed E-state index contributed by atoms with van der Waals surface area (Å²) in [6, 6.07) is 4.75. The molecule has 0 saturated heterocycles. The molecule has 1 aliphatic heterocycles. The number of aliphatic carboxylic acids is 1. The zero-order chi connectivity index (χ0) is 26.7. The van der Waals surface area contributed by atoms with E-state index >= 15 is 8.78 Å². The first-order chi connectivity index (χ1) is 17.7. The summed E-state index contributed by atoms with van der Waals surface area (Å²) in [4.78, 5) is 25.3. The molecule has 0 fully saturated rings. The van der Waals surface area contributed by atoms with Crippen LogP contribution in [0.1, 0.15) is 40.1 Å². The molecule has 3 aromatic rings. The van der Waals surface area contributed by atoms with Gasteiger partial charge < -0.3 is 24.1 Å². The highest BCUT2D eigenvalue weighted by molar-refractivity contribution is 7.20. The maximum Gasteiger partial charge on any atom is 0.303 e. The number of carboxylic acids is 1. The van der Waals surface area contributed by atoms with Gasteiger partial charge in [0.25, 0.3) is 0 Å². The van der Waals surface area contributed by atoms with Crippen molar-refractivity contribution >= 4 is 33.2 Å². The number of ketones is 1. The predicted octanol–water partition coefficient (Wildman–Crippen LogP) is 5.04. The number of Topliss-reactive ketones (excluding diaryl/α,β-unsaturated/α-hetero) is 1. The van der Waals surface area contributed by atoms with Crippen LogP contribution in [0.2, 0.25) is 0 Å². The van der Waals surface area contributed by atoms with Gasteiger partial charge in [-0.25, -0.2) is 8.78 Å². The number of carboxylic acid groups (broad SMARTS) is 1. The van der Waals surface area contributed by atoms with Crippen molar-refractivity contribution in [2.75, 3.05) is 34.5 Å². The third-order valence-electron chi connectivity index (χ3n) is 5.99. The van der Waals surface area contributed by atoms with Gasteiger partial charge in [-0.1, -0.05) is 0 Å². The Kier molecular flexibility index (Phi) is 8.13. The van der Waals surface area contributed by atoms with E-state index in [2.05, 4.69) is 0 Å². The first-order valence-corrected chi connectivity index (χ1v) is 12.4. The van der Waals surface area contributed by atoms with Gasteiger partial charge in [0.1, 0.15) is 0 Å². The molecule has 0 amide bonds. The van der Waals surface area contributed by atoms with Gasteiger partial charge in [-0.05, 0) is 24.7 Å². The van der Waals surface area contributed by atoms with Crippen molar-refractivity contribution < 1.29 is 42.4 Å². The Bertz CT molecular complexity index is 1340. The average molecular weight is 536 g/mol. The van der Waals surface area contributed by atoms with Crippen LogP contribution in [0.25, 0.3) is 10.1 Å². The fourth-order valence-electron chi connectivity index (χ4n) is 4.19. The van der Waals surface area contributed by atoms with E-state index in [9.17, 15) is 9.59 Å². The van der Waals surface area contributed by atoms with Crippen LogP contribution in [0.15, 0.2) is 18.2 Å². The molecule has 0 atom stereocenters. The number of thiophene rings is 1. The maximum atomic E-state index is 15.3. The molecule has 0 spiro atoms. The van der Waals surface area contributed by atoms with Crippen LogP contribution in [-0.2, 0) is 17.9 Å². The van der Waals surface area contributed by atoms with E-state index in [1.165, 1.54) is 20.3 Å². The minimum Gasteiger partial charge on any atom is -0.493 e. The van der Waals surface area contributed by atoms with E-state index in [1.54, 1.807) is 12.1 Å². The van der Waals surface area contributed by atoms with Gasteiger partial charge in [0.15, 0.2) is 40.4 Å². The minimum absolute atomic E-state index is 0.0418. The van der Waals surface area contributed by atoms with Crippen molar-refractivity contribution in [2.45, 2.75) is 32.4 Å². The number of rotatable bonds is 12. The number of ether oxygens (including phenoxy) is 4. The van der Waals surface area contributed by atoms with Crippen molar-refractivity contribution in [1.29, 1.82) is 0 Å². The summed E-state index contributed by atoms with van der Waals surface area (Å²) >= 11 is 1.06. The third-order valence-corrected chi connectivity index (χ3v) is 7.12. The predicted molar refractivity (Wildman–Crippen MR) is 133 cm³/mol. The second-order valence-electron chi connectivity index (χ2n) is 8.64. The molecule has 8 nitrogen and oxygen atoms in total. The number of methoxy groups -OCH3 is 2. The van der Waals surface area contributed by atoms with Crippen molar-refractivity contribution in [3.8, 4) is 23.0 Å². The summed E-state index contributed by atoms with van der Waals surface area (Å²) in [5, 5.41) is 8.98. The molecular weight excluding hydrogens is 508 g/mol. The lowest BCUT2D eigenvalue weighted by Crippen LogP contribution is -2.09. The first-order valence-electron chi connectivity index (χ1n) is 11.6. The molecule has 198 valence electrons. The van der Waals surface area contributed by atoms with Crippen LogP contribution in [0, 0.1) is 11.6 Å². The molecule has 0 saturated carbocycles. The monoisotopic (exact) mass is 535 g/mol. The number of halogens is 2. The Balaban J connectivity index is 1.42. The molecule has 2 heterocycles. The summed E-state index contributed by atoms with van der Waals surface area (Å²) in [5.41, 5.74) is 1.46. The molecule has 2 aromatic carbocycles. The average Bonchev–Trinajstić information content (AvgIpc) is 3.47. The number of nitrogens with zero attached hydrogens (tertiary/aromatic N) is 1. The highest BCUT2D eigenvalue weighted by Crippen LogP contribution is 2.41.